The predicted octanol–water partition coefficient (Wildman–Crippen LogP) is 2.47. The fraction of sp³-hybridized carbons (Fsp3) is 0.286. The molecular weight excluding hydrogens is 392 g/mol. The Hall–Kier alpha value is -3.00. The number of nitrogens with zero attached hydrogens (tertiary/aromatic N) is 1. The van der Waals surface area contributed by atoms with Crippen molar-refractivity contribution in [2.24, 2.45) is 4.99 Å². The number of ketones is 1. The van der Waals surface area contributed by atoms with Crippen LogP contribution in [0.2, 0.25) is 0 Å². The Morgan fingerprint density at radius 2 is 1.72 bits per heavy atom. The summed E-state index contributed by atoms with van der Waals surface area (Å²) in [4.78, 5) is 28.6. The molecule has 1 aliphatic heterocycles. The van der Waals surface area contributed by atoms with Gasteiger partial charge in [-0.15, -0.1) is 0 Å². The first kappa shape index (κ1) is 20.7. The van der Waals surface area contributed by atoms with Crippen molar-refractivity contribution in [1.82, 2.24) is 4.72 Å². The number of aryl methyl sites for hydroxylation is 3. The van der Waals surface area contributed by atoms with Crippen LogP contribution in [0.4, 0.5) is 0 Å². The van der Waals surface area contributed by atoms with Gasteiger partial charge in [0.2, 0.25) is 5.78 Å². The second-order valence-corrected chi connectivity index (χ2v) is 8.57. The van der Waals surface area contributed by atoms with Gasteiger partial charge in [-0.2, -0.15) is 0 Å². The molecule has 7 nitrogen and oxygen atoms in total. The summed E-state index contributed by atoms with van der Waals surface area (Å²) in [7, 11) is -3.61. The molecule has 1 N–H and O–H groups in total. The van der Waals surface area contributed by atoms with E-state index in [9.17, 15) is 18.0 Å². The number of amidine groups is 1. The van der Waals surface area contributed by atoms with E-state index in [1.165, 1.54) is 6.07 Å². The summed E-state index contributed by atoms with van der Waals surface area (Å²) in [5.74, 6) is -0.628. The first-order chi connectivity index (χ1) is 13.7. The van der Waals surface area contributed by atoms with E-state index < -0.39 is 16.0 Å². The van der Waals surface area contributed by atoms with Crippen LogP contribution in [0.25, 0.3) is 0 Å². The fourth-order valence-electron chi connectivity index (χ4n) is 3.07. The topological polar surface area (TPSA) is 102 Å². The second kappa shape index (κ2) is 8.16. The van der Waals surface area contributed by atoms with E-state index in [0.717, 1.165) is 16.7 Å². The number of aliphatic imine (C=N–C) groups is 1. The maximum Gasteiger partial charge on any atom is 0.308 e. The van der Waals surface area contributed by atoms with Gasteiger partial charge in [-0.3, -0.25) is 19.3 Å². The van der Waals surface area contributed by atoms with Crippen LogP contribution in [0.1, 0.15) is 39.0 Å². The van der Waals surface area contributed by atoms with Crippen molar-refractivity contribution in [3.8, 4) is 0 Å². The number of benzene rings is 2. The van der Waals surface area contributed by atoms with Crippen LogP contribution in [0.3, 0.4) is 0 Å². The lowest BCUT2D eigenvalue weighted by Gasteiger charge is -2.09. The molecular formula is C21H22N2O5S. The Balaban J connectivity index is 1.56. The molecule has 0 amide bonds. The van der Waals surface area contributed by atoms with Crippen LogP contribution in [0.5, 0.6) is 0 Å². The number of carbonyl (C=O) groups is 2. The zero-order valence-electron chi connectivity index (χ0n) is 16.5. The van der Waals surface area contributed by atoms with Gasteiger partial charge in [0.05, 0.1) is 17.9 Å². The zero-order valence-corrected chi connectivity index (χ0v) is 17.3. The molecule has 152 valence electrons. The molecule has 2 aromatic rings. The van der Waals surface area contributed by atoms with Crippen molar-refractivity contribution in [3.05, 3.63) is 64.2 Å². The van der Waals surface area contributed by atoms with Crippen LogP contribution in [-0.2, 0) is 19.6 Å². The van der Waals surface area contributed by atoms with Crippen LogP contribution in [0, 0.1) is 20.8 Å². The van der Waals surface area contributed by atoms with E-state index in [1.54, 1.807) is 24.3 Å². The van der Waals surface area contributed by atoms with Crippen LogP contribution < -0.4 is 4.72 Å². The highest BCUT2D eigenvalue weighted by atomic mass is 32.2. The van der Waals surface area contributed by atoms with Crippen molar-refractivity contribution in [2.45, 2.75) is 32.1 Å². The average Bonchev–Trinajstić information content (AvgIpc) is 2.93. The lowest BCUT2D eigenvalue weighted by molar-refractivity contribution is -0.142. The molecule has 0 radical (unpaired) electrons. The van der Waals surface area contributed by atoms with Crippen molar-refractivity contribution < 1.29 is 22.7 Å². The third kappa shape index (κ3) is 4.54. The highest BCUT2D eigenvalue weighted by Gasteiger charge is 2.30. The van der Waals surface area contributed by atoms with Crippen LogP contribution in [0.15, 0.2) is 46.3 Å². The Kier molecular flexibility index (Phi) is 5.83. The fourth-order valence-corrected chi connectivity index (χ4v) is 4.32. The van der Waals surface area contributed by atoms with Crippen LogP contribution in [-0.4, -0.2) is 39.2 Å². The maximum absolute atomic E-state index is 12.3. The van der Waals surface area contributed by atoms with Gasteiger partial charge in [0.1, 0.15) is 5.84 Å². The first-order valence-corrected chi connectivity index (χ1v) is 10.6. The van der Waals surface area contributed by atoms with Gasteiger partial charge in [-0.25, -0.2) is 8.42 Å². The highest BCUT2D eigenvalue weighted by Crippen LogP contribution is 2.22. The second-order valence-electron chi connectivity index (χ2n) is 6.92. The van der Waals surface area contributed by atoms with E-state index in [0.29, 0.717) is 11.1 Å². The maximum atomic E-state index is 12.3. The summed E-state index contributed by atoms with van der Waals surface area (Å²) in [6, 6.07) is 10.2. The molecule has 8 heteroatoms. The Morgan fingerprint density at radius 1 is 1.03 bits per heavy atom. The standard InChI is InChI=1S/C21H22N2O5S/c1-13-10-15(3)17(11-14(13)2)18(24)12-28-20(25)8-9-22-21-16-6-4-5-7-19(16)29(26,27)23-21/h4-7,10-11H,8-9,12H2,1-3H3,(H,22,23). The molecule has 0 aliphatic carbocycles. The Morgan fingerprint density at radius 3 is 2.48 bits per heavy atom. The average molecular weight is 414 g/mol. The van der Waals surface area contributed by atoms with Crippen LogP contribution >= 0.6 is 0 Å². The minimum atomic E-state index is -3.61. The van der Waals surface area contributed by atoms with Gasteiger partial charge in [-0.1, -0.05) is 18.2 Å². The predicted molar refractivity (Wildman–Crippen MR) is 109 cm³/mol. The third-order valence-electron chi connectivity index (χ3n) is 4.75. The summed E-state index contributed by atoms with van der Waals surface area (Å²) in [5.41, 5.74) is 3.95. The third-order valence-corrected chi connectivity index (χ3v) is 6.15. The number of hydrogen-bond acceptors (Lipinski definition) is 6. The molecule has 0 saturated carbocycles. The first-order valence-electron chi connectivity index (χ1n) is 9.12. The molecule has 0 aromatic heterocycles. The molecule has 0 fully saturated rings. The van der Waals surface area contributed by atoms with E-state index >= 15 is 0 Å². The number of esters is 1. The van der Waals surface area contributed by atoms with E-state index in [2.05, 4.69) is 9.71 Å². The van der Waals surface area contributed by atoms with Gasteiger partial charge in [0, 0.05) is 11.1 Å². The number of rotatable bonds is 6. The molecule has 0 saturated heterocycles. The lowest BCUT2D eigenvalue weighted by Crippen LogP contribution is -2.22. The number of sulfonamides is 1. The quantitative estimate of drug-likeness (QED) is 0.578. The smallest absolute Gasteiger partial charge is 0.308 e. The monoisotopic (exact) mass is 414 g/mol. The summed E-state index contributed by atoms with van der Waals surface area (Å²) >= 11 is 0. The minimum Gasteiger partial charge on any atom is -0.457 e. The summed E-state index contributed by atoms with van der Waals surface area (Å²) < 4.78 is 31.5. The molecule has 0 unspecified atom stereocenters. The molecule has 0 bridgehead atoms. The molecule has 3 rings (SSSR count). The molecule has 29 heavy (non-hydrogen) atoms. The summed E-state index contributed by atoms with van der Waals surface area (Å²) in [5, 5.41) is 0. The molecule has 2 aromatic carbocycles. The molecule has 0 atom stereocenters. The van der Waals surface area contributed by atoms with Gasteiger partial charge in [0.25, 0.3) is 10.0 Å². The minimum absolute atomic E-state index is 0.0435. The summed E-state index contributed by atoms with van der Waals surface area (Å²) in [6.45, 7) is 5.45. The number of nitrogens with one attached hydrogen (secondary N) is 1. The van der Waals surface area contributed by atoms with E-state index in [4.69, 9.17) is 4.74 Å². The van der Waals surface area contributed by atoms with Gasteiger partial charge in [0.15, 0.2) is 6.61 Å². The van der Waals surface area contributed by atoms with Gasteiger partial charge in [-0.05, 0) is 55.7 Å². The van der Waals surface area contributed by atoms with Crippen molar-refractivity contribution >= 4 is 27.6 Å². The van der Waals surface area contributed by atoms with Crippen molar-refractivity contribution in [3.63, 3.8) is 0 Å². The van der Waals surface area contributed by atoms with Crippen molar-refractivity contribution in [1.29, 1.82) is 0 Å². The molecule has 1 aliphatic rings. The Bertz CT molecular complexity index is 1120. The SMILES string of the molecule is Cc1cc(C)c(C(=O)COC(=O)CCN=C2NS(=O)(=O)c3ccccc32)cc1C. The zero-order chi connectivity index (χ0) is 21.2. The number of hydrogen-bond donors (Lipinski definition) is 1. The lowest BCUT2D eigenvalue weighted by atomic mass is 9.98. The highest BCUT2D eigenvalue weighted by molar-refractivity contribution is 7.90. The van der Waals surface area contributed by atoms with Gasteiger partial charge < -0.3 is 4.74 Å². The van der Waals surface area contributed by atoms with Crippen molar-refractivity contribution in [2.75, 3.05) is 13.2 Å². The normalized spacial score (nSPS) is 15.6. The molecule has 1 heterocycles. The Labute approximate surface area is 169 Å². The largest absolute Gasteiger partial charge is 0.457 e. The number of ether oxygens (including phenoxy) is 1. The number of Topliss-reactive ketones (excluding diaryl/α,β-unsaturated/α-hetero) is 1. The number of fused-ring (bicyclic) bond motifs is 1. The van der Waals surface area contributed by atoms with Gasteiger partial charge >= 0.3 is 5.97 Å². The summed E-state index contributed by atoms with van der Waals surface area (Å²) in [6.07, 6.45) is -0.0629. The number of carbonyl (C=O) groups excluding carboxylic acids is 2. The van der Waals surface area contributed by atoms with E-state index in [1.807, 2.05) is 26.8 Å². The van der Waals surface area contributed by atoms with E-state index in [-0.39, 0.29) is 36.1 Å². The molecule has 0 spiro atoms.